The van der Waals surface area contributed by atoms with E-state index >= 15 is 0 Å². The first kappa shape index (κ1) is 12.8. The summed E-state index contributed by atoms with van der Waals surface area (Å²) in [5.74, 6) is 0.841. The van der Waals surface area contributed by atoms with Gasteiger partial charge in [-0.05, 0) is 31.7 Å². The van der Waals surface area contributed by atoms with E-state index in [-0.39, 0.29) is 16.7 Å². The van der Waals surface area contributed by atoms with Crippen LogP contribution < -0.4 is 10.6 Å². The number of piperidine rings is 1. The number of aromatic nitrogens is 1. The van der Waals surface area contributed by atoms with Crippen LogP contribution in [-0.2, 0) is 0 Å². The Hall–Kier alpha value is -1.69. The van der Waals surface area contributed by atoms with Gasteiger partial charge in [0.15, 0.2) is 0 Å². The van der Waals surface area contributed by atoms with Gasteiger partial charge in [-0.15, -0.1) is 0 Å². The number of nitro groups is 1. The molecule has 0 spiro atoms. The normalized spacial score (nSPS) is 21.7. The van der Waals surface area contributed by atoms with E-state index < -0.39 is 0 Å². The minimum absolute atomic E-state index is 0.0721. The molecule has 6 nitrogen and oxygen atoms in total. The third-order valence-corrected chi connectivity index (χ3v) is 3.46. The van der Waals surface area contributed by atoms with Crippen LogP contribution in [0.2, 0.25) is 0 Å². The second-order valence-corrected chi connectivity index (χ2v) is 4.81. The number of nitrogens with two attached hydrogens (primary N) is 1. The third-order valence-electron chi connectivity index (χ3n) is 3.46. The molecule has 1 saturated heterocycles. The molecule has 0 amide bonds. The molecule has 0 radical (unpaired) electrons. The number of hydrogen-bond acceptors (Lipinski definition) is 5. The van der Waals surface area contributed by atoms with Gasteiger partial charge in [0.2, 0.25) is 5.82 Å². The zero-order valence-electron chi connectivity index (χ0n) is 10.5. The van der Waals surface area contributed by atoms with Gasteiger partial charge >= 0.3 is 5.69 Å². The molecule has 2 unspecified atom stereocenters. The highest BCUT2D eigenvalue weighted by atomic mass is 16.6. The van der Waals surface area contributed by atoms with Crippen LogP contribution in [0, 0.1) is 16.0 Å². The van der Waals surface area contributed by atoms with Crippen LogP contribution in [0.3, 0.4) is 0 Å². The summed E-state index contributed by atoms with van der Waals surface area (Å²) in [6, 6.07) is 3.20. The largest absolute Gasteiger partial charge is 0.351 e. The van der Waals surface area contributed by atoms with E-state index in [1.54, 1.807) is 12.3 Å². The van der Waals surface area contributed by atoms with E-state index in [0.29, 0.717) is 11.7 Å². The van der Waals surface area contributed by atoms with E-state index in [4.69, 9.17) is 5.73 Å². The highest BCUT2D eigenvalue weighted by Gasteiger charge is 2.27. The Morgan fingerprint density at radius 1 is 1.67 bits per heavy atom. The Labute approximate surface area is 106 Å². The number of rotatable bonds is 3. The van der Waals surface area contributed by atoms with Crippen molar-refractivity contribution in [1.29, 1.82) is 0 Å². The SMILES string of the molecule is CC(N)C1CCCN(c2ncccc2[N+](=O)[O-])C1. The maximum absolute atomic E-state index is 11.0. The summed E-state index contributed by atoms with van der Waals surface area (Å²) in [5.41, 5.74) is 6.00. The van der Waals surface area contributed by atoms with E-state index in [1.807, 2.05) is 11.8 Å². The molecule has 0 aromatic carbocycles. The standard InChI is InChI=1S/C12H18N4O2/c1-9(13)10-4-3-7-15(8-10)12-11(16(17)18)5-2-6-14-12/h2,5-6,9-10H,3-4,7-8,13H2,1H3. The van der Waals surface area contributed by atoms with Crippen molar-refractivity contribution in [2.24, 2.45) is 11.7 Å². The Balaban J connectivity index is 2.23. The van der Waals surface area contributed by atoms with Crippen molar-refractivity contribution in [1.82, 2.24) is 4.98 Å². The molecule has 1 aromatic rings. The average Bonchev–Trinajstić information content (AvgIpc) is 2.39. The molecule has 1 aromatic heterocycles. The van der Waals surface area contributed by atoms with Crippen LogP contribution in [0.1, 0.15) is 19.8 Å². The molecule has 98 valence electrons. The van der Waals surface area contributed by atoms with Gasteiger partial charge in [0, 0.05) is 31.4 Å². The van der Waals surface area contributed by atoms with Crippen LogP contribution in [0.4, 0.5) is 11.5 Å². The summed E-state index contributed by atoms with van der Waals surface area (Å²) < 4.78 is 0. The van der Waals surface area contributed by atoms with Crippen LogP contribution in [0.5, 0.6) is 0 Å². The summed E-state index contributed by atoms with van der Waals surface area (Å²) >= 11 is 0. The van der Waals surface area contributed by atoms with Gasteiger partial charge < -0.3 is 10.6 Å². The molecule has 6 heteroatoms. The molecule has 0 saturated carbocycles. The highest BCUT2D eigenvalue weighted by Crippen LogP contribution is 2.29. The van der Waals surface area contributed by atoms with E-state index in [2.05, 4.69) is 4.98 Å². The first-order chi connectivity index (χ1) is 8.59. The summed E-state index contributed by atoms with van der Waals surface area (Å²) in [6.45, 7) is 3.54. The zero-order valence-corrected chi connectivity index (χ0v) is 10.5. The van der Waals surface area contributed by atoms with Crippen LogP contribution in [0.25, 0.3) is 0 Å². The molecule has 18 heavy (non-hydrogen) atoms. The molecule has 1 fully saturated rings. The van der Waals surface area contributed by atoms with Crippen LogP contribution in [0.15, 0.2) is 18.3 Å². The van der Waals surface area contributed by atoms with Gasteiger partial charge in [-0.2, -0.15) is 0 Å². The summed E-state index contributed by atoms with van der Waals surface area (Å²) in [6.07, 6.45) is 3.67. The molecular formula is C12H18N4O2. The van der Waals surface area contributed by atoms with Gasteiger partial charge in [-0.1, -0.05) is 0 Å². The number of nitrogens with zero attached hydrogens (tertiary/aromatic N) is 3. The molecule has 2 rings (SSSR count). The third kappa shape index (κ3) is 2.59. The summed E-state index contributed by atoms with van der Waals surface area (Å²) in [4.78, 5) is 16.8. The predicted octanol–water partition coefficient (Wildman–Crippen LogP) is 1.55. The van der Waals surface area contributed by atoms with Crippen molar-refractivity contribution in [3.8, 4) is 0 Å². The molecule has 1 aliphatic rings. The minimum atomic E-state index is -0.377. The first-order valence-electron chi connectivity index (χ1n) is 6.19. The fraction of sp³-hybridized carbons (Fsp3) is 0.583. The number of pyridine rings is 1. The summed E-state index contributed by atoms with van der Waals surface area (Å²) in [7, 11) is 0. The van der Waals surface area contributed by atoms with Crippen molar-refractivity contribution >= 4 is 11.5 Å². The fourth-order valence-corrected chi connectivity index (χ4v) is 2.41. The average molecular weight is 250 g/mol. The molecule has 2 heterocycles. The Kier molecular flexibility index (Phi) is 3.76. The second-order valence-electron chi connectivity index (χ2n) is 4.81. The van der Waals surface area contributed by atoms with E-state index in [1.165, 1.54) is 6.07 Å². The summed E-state index contributed by atoms with van der Waals surface area (Å²) in [5, 5.41) is 11.0. The first-order valence-corrected chi connectivity index (χ1v) is 6.19. The predicted molar refractivity (Wildman–Crippen MR) is 69.5 cm³/mol. The lowest BCUT2D eigenvalue weighted by Crippen LogP contribution is -2.42. The van der Waals surface area contributed by atoms with Crippen molar-refractivity contribution < 1.29 is 4.92 Å². The Morgan fingerprint density at radius 3 is 3.11 bits per heavy atom. The van der Waals surface area contributed by atoms with Crippen molar-refractivity contribution in [2.45, 2.75) is 25.8 Å². The van der Waals surface area contributed by atoms with Crippen molar-refractivity contribution in [3.05, 3.63) is 28.4 Å². The Morgan fingerprint density at radius 2 is 2.44 bits per heavy atom. The number of hydrogen-bond donors (Lipinski definition) is 1. The Bertz CT molecular complexity index is 436. The molecular weight excluding hydrogens is 232 g/mol. The highest BCUT2D eigenvalue weighted by molar-refractivity contribution is 5.57. The van der Waals surface area contributed by atoms with Gasteiger partial charge in [-0.3, -0.25) is 10.1 Å². The van der Waals surface area contributed by atoms with E-state index in [9.17, 15) is 10.1 Å². The molecule has 0 aliphatic carbocycles. The van der Waals surface area contributed by atoms with Gasteiger partial charge in [0.25, 0.3) is 0 Å². The monoisotopic (exact) mass is 250 g/mol. The maximum Gasteiger partial charge on any atom is 0.311 e. The topological polar surface area (TPSA) is 85.3 Å². The van der Waals surface area contributed by atoms with E-state index in [0.717, 1.165) is 25.9 Å². The molecule has 0 bridgehead atoms. The van der Waals surface area contributed by atoms with Crippen LogP contribution in [-0.4, -0.2) is 29.0 Å². The van der Waals surface area contributed by atoms with Crippen LogP contribution >= 0.6 is 0 Å². The molecule has 1 aliphatic heterocycles. The van der Waals surface area contributed by atoms with Gasteiger partial charge in [0.05, 0.1) is 4.92 Å². The molecule has 2 atom stereocenters. The second kappa shape index (κ2) is 5.30. The smallest absolute Gasteiger partial charge is 0.311 e. The lowest BCUT2D eigenvalue weighted by Gasteiger charge is -2.34. The van der Waals surface area contributed by atoms with Crippen molar-refractivity contribution in [3.63, 3.8) is 0 Å². The van der Waals surface area contributed by atoms with Gasteiger partial charge in [-0.25, -0.2) is 4.98 Å². The molecule has 2 N–H and O–H groups in total. The number of anilines is 1. The van der Waals surface area contributed by atoms with Crippen molar-refractivity contribution in [2.75, 3.05) is 18.0 Å². The van der Waals surface area contributed by atoms with Gasteiger partial charge in [0.1, 0.15) is 0 Å². The zero-order chi connectivity index (χ0) is 13.1. The lowest BCUT2D eigenvalue weighted by molar-refractivity contribution is -0.384. The lowest BCUT2D eigenvalue weighted by atomic mass is 9.92. The quantitative estimate of drug-likeness (QED) is 0.650. The fourth-order valence-electron chi connectivity index (χ4n) is 2.41. The minimum Gasteiger partial charge on any atom is -0.351 e. The maximum atomic E-state index is 11.0.